The van der Waals surface area contributed by atoms with Crippen LogP contribution in [-0.2, 0) is 14.3 Å². The molecule has 0 spiro atoms. The number of hydrogen-bond acceptors (Lipinski definition) is 4. The molecule has 22 heavy (non-hydrogen) atoms. The van der Waals surface area contributed by atoms with Gasteiger partial charge in [0.05, 0.1) is 6.54 Å². The van der Waals surface area contributed by atoms with Crippen LogP contribution in [0.5, 0.6) is 0 Å². The Labute approximate surface area is 132 Å². The van der Waals surface area contributed by atoms with Crippen LogP contribution >= 0.6 is 0 Å². The van der Waals surface area contributed by atoms with Gasteiger partial charge < -0.3 is 15.0 Å². The van der Waals surface area contributed by atoms with Gasteiger partial charge in [0.15, 0.2) is 0 Å². The Kier molecular flexibility index (Phi) is 6.20. The summed E-state index contributed by atoms with van der Waals surface area (Å²) in [5, 5.41) is 2.60. The lowest BCUT2D eigenvalue weighted by atomic mass is 10.0. The minimum absolute atomic E-state index is 0.0650. The van der Waals surface area contributed by atoms with E-state index < -0.39 is 17.7 Å². The molecule has 1 atom stereocenters. The average molecular weight is 313 g/mol. The van der Waals surface area contributed by atoms with Gasteiger partial charge in [-0.1, -0.05) is 0 Å². The van der Waals surface area contributed by atoms with Crippen molar-refractivity contribution in [1.29, 1.82) is 0 Å². The van der Waals surface area contributed by atoms with Crippen molar-refractivity contribution in [3.63, 3.8) is 0 Å². The van der Waals surface area contributed by atoms with Gasteiger partial charge in [0.25, 0.3) is 0 Å². The number of likely N-dealkylation sites (tertiary alicyclic amines) is 1. The maximum absolute atomic E-state index is 12.3. The molecule has 1 aliphatic heterocycles. The molecular formula is C15H27N3O4. The van der Waals surface area contributed by atoms with Gasteiger partial charge in [-0.2, -0.15) is 0 Å². The van der Waals surface area contributed by atoms with E-state index in [4.69, 9.17) is 4.74 Å². The fraction of sp³-hybridized carbons (Fsp3) is 0.800. The van der Waals surface area contributed by atoms with E-state index in [0.717, 1.165) is 12.8 Å². The van der Waals surface area contributed by atoms with Crippen LogP contribution in [0.2, 0.25) is 0 Å². The number of ether oxygens (including phenoxy) is 1. The van der Waals surface area contributed by atoms with Gasteiger partial charge in [0.1, 0.15) is 11.6 Å². The highest BCUT2D eigenvalue weighted by Gasteiger charge is 2.34. The molecule has 1 fully saturated rings. The molecule has 0 aromatic carbocycles. The summed E-state index contributed by atoms with van der Waals surface area (Å²) in [7, 11) is 3.25. The van der Waals surface area contributed by atoms with E-state index in [2.05, 4.69) is 5.32 Å². The van der Waals surface area contributed by atoms with Gasteiger partial charge in [-0.25, -0.2) is 4.79 Å². The second-order valence-electron chi connectivity index (χ2n) is 6.69. The standard InChI is InChI=1S/C15H27N3O4/c1-15(2,3)22-14(21)18-9-7-6-8-11(18)13(20)16-10-12(19)17(4)5/h11H,6-10H2,1-5H3,(H,16,20)/t11-/m0/s1. The van der Waals surface area contributed by atoms with Crippen molar-refractivity contribution in [3.8, 4) is 0 Å². The van der Waals surface area contributed by atoms with Gasteiger partial charge in [-0.3, -0.25) is 14.5 Å². The monoisotopic (exact) mass is 313 g/mol. The highest BCUT2D eigenvalue weighted by molar-refractivity contribution is 5.89. The molecule has 1 heterocycles. The molecule has 0 aromatic rings. The Balaban J connectivity index is 2.66. The largest absolute Gasteiger partial charge is 0.444 e. The van der Waals surface area contributed by atoms with Crippen LogP contribution in [0.15, 0.2) is 0 Å². The Bertz CT molecular complexity index is 429. The predicted molar refractivity (Wildman–Crippen MR) is 82.3 cm³/mol. The first-order valence-corrected chi connectivity index (χ1v) is 7.59. The number of piperidine rings is 1. The van der Waals surface area contributed by atoms with Crippen LogP contribution in [-0.4, -0.2) is 66.5 Å². The van der Waals surface area contributed by atoms with Crippen LogP contribution < -0.4 is 5.32 Å². The Morgan fingerprint density at radius 2 is 1.86 bits per heavy atom. The van der Waals surface area contributed by atoms with Crippen LogP contribution in [0, 0.1) is 0 Å². The first kappa shape index (κ1) is 18.3. The fourth-order valence-electron chi connectivity index (χ4n) is 2.18. The zero-order valence-electron chi connectivity index (χ0n) is 14.1. The third-order valence-electron chi connectivity index (χ3n) is 3.35. The van der Waals surface area contributed by atoms with E-state index in [-0.39, 0.29) is 18.4 Å². The Hall–Kier alpha value is -1.79. The smallest absolute Gasteiger partial charge is 0.410 e. The summed E-state index contributed by atoms with van der Waals surface area (Å²) in [6, 6.07) is -0.571. The first-order valence-electron chi connectivity index (χ1n) is 7.59. The van der Waals surface area contributed by atoms with Crippen molar-refractivity contribution in [2.75, 3.05) is 27.2 Å². The van der Waals surface area contributed by atoms with E-state index in [1.165, 1.54) is 9.80 Å². The zero-order chi connectivity index (χ0) is 16.9. The third-order valence-corrected chi connectivity index (χ3v) is 3.35. The maximum atomic E-state index is 12.3. The number of nitrogens with zero attached hydrogens (tertiary/aromatic N) is 2. The molecule has 0 bridgehead atoms. The van der Waals surface area contributed by atoms with E-state index >= 15 is 0 Å². The van der Waals surface area contributed by atoms with Crippen LogP contribution in [0.25, 0.3) is 0 Å². The van der Waals surface area contributed by atoms with Crippen LogP contribution in [0.1, 0.15) is 40.0 Å². The number of amides is 3. The van der Waals surface area contributed by atoms with Gasteiger partial charge in [0, 0.05) is 20.6 Å². The third kappa shape index (κ3) is 5.54. The highest BCUT2D eigenvalue weighted by Crippen LogP contribution is 2.20. The summed E-state index contributed by atoms with van der Waals surface area (Å²) >= 11 is 0. The molecule has 0 aromatic heterocycles. The summed E-state index contributed by atoms with van der Waals surface area (Å²) in [6.45, 7) is 5.80. The minimum Gasteiger partial charge on any atom is -0.444 e. The summed E-state index contributed by atoms with van der Waals surface area (Å²) in [5.74, 6) is -0.492. The Morgan fingerprint density at radius 1 is 1.23 bits per heavy atom. The number of carbonyl (C=O) groups excluding carboxylic acids is 3. The van der Waals surface area contributed by atoms with Crippen molar-refractivity contribution in [2.45, 2.75) is 51.7 Å². The molecule has 3 amide bonds. The van der Waals surface area contributed by atoms with Crippen LogP contribution in [0.3, 0.4) is 0 Å². The average Bonchev–Trinajstić information content (AvgIpc) is 2.42. The van der Waals surface area contributed by atoms with E-state index in [1.807, 2.05) is 0 Å². The minimum atomic E-state index is -0.601. The molecule has 7 heteroatoms. The quantitative estimate of drug-likeness (QED) is 0.842. The van der Waals surface area contributed by atoms with Crippen molar-refractivity contribution < 1.29 is 19.1 Å². The van der Waals surface area contributed by atoms with E-state index in [9.17, 15) is 14.4 Å². The van der Waals surface area contributed by atoms with Gasteiger partial charge in [0.2, 0.25) is 11.8 Å². The zero-order valence-corrected chi connectivity index (χ0v) is 14.1. The normalized spacial score (nSPS) is 18.6. The second-order valence-corrected chi connectivity index (χ2v) is 6.69. The van der Waals surface area contributed by atoms with Crippen molar-refractivity contribution >= 4 is 17.9 Å². The molecule has 7 nitrogen and oxygen atoms in total. The summed E-state index contributed by atoms with van der Waals surface area (Å²) in [6.07, 6.45) is 1.83. The predicted octanol–water partition coefficient (Wildman–Crippen LogP) is 0.980. The SMILES string of the molecule is CN(C)C(=O)CNC(=O)[C@@H]1CCCCN1C(=O)OC(C)(C)C. The van der Waals surface area contributed by atoms with Crippen molar-refractivity contribution in [2.24, 2.45) is 0 Å². The topological polar surface area (TPSA) is 79.0 Å². The molecule has 1 N–H and O–H groups in total. The lowest BCUT2D eigenvalue weighted by molar-refractivity contribution is -0.133. The van der Waals surface area contributed by atoms with Crippen LogP contribution in [0.4, 0.5) is 4.79 Å². The maximum Gasteiger partial charge on any atom is 0.410 e. The molecule has 1 saturated heterocycles. The molecule has 1 rings (SSSR count). The lowest BCUT2D eigenvalue weighted by Crippen LogP contribution is -2.54. The Morgan fingerprint density at radius 3 is 2.41 bits per heavy atom. The van der Waals surface area contributed by atoms with Gasteiger partial charge >= 0.3 is 6.09 Å². The van der Waals surface area contributed by atoms with Gasteiger partial charge in [-0.05, 0) is 40.0 Å². The number of carbonyl (C=O) groups is 3. The molecule has 0 radical (unpaired) electrons. The summed E-state index contributed by atoms with van der Waals surface area (Å²) in [4.78, 5) is 38.9. The van der Waals surface area contributed by atoms with E-state index in [1.54, 1.807) is 34.9 Å². The fourth-order valence-corrected chi connectivity index (χ4v) is 2.18. The number of likely N-dealkylation sites (N-methyl/N-ethyl adjacent to an activating group) is 1. The summed E-state index contributed by atoms with van der Waals surface area (Å²) < 4.78 is 5.35. The van der Waals surface area contributed by atoms with Crippen molar-refractivity contribution in [1.82, 2.24) is 15.1 Å². The van der Waals surface area contributed by atoms with Crippen molar-refractivity contribution in [3.05, 3.63) is 0 Å². The lowest BCUT2D eigenvalue weighted by Gasteiger charge is -2.35. The molecule has 0 unspecified atom stereocenters. The number of hydrogen-bond donors (Lipinski definition) is 1. The highest BCUT2D eigenvalue weighted by atomic mass is 16.6. The van der Waals surface area contributed by atoms with Gasteiger partial charge in [-0.15, -0.1) is 0 Å². The molecule has 126 valence electrons. The molecule has 1 aliphatic rings. The number of rotatable bonds is 3. The summed E-state index contributed by atoms with van der Waals surface area (Å²) in [5.41, 5.74) is -0.601. The molecule has 0 saturated carbocycles. The second kappa shape index (κ2) is 7.47. The number of nitrogens with one attached hydrogen (secondary N) is 1. The molecular weight excluding hydrogens is 286 g/mol. The molecule has 0 aliphatic carbocycles. The van der Waals surface area contributed by atoms with E-state index in [0.29, 0.717) is 13.0 Å². The first-order chi connectivity index (χ1) is 10.1.